The lowest BCUT2D eigenvalue weighted by Gasteiger charge is -2.04. The van der Waals surface area contributed by atoms with Gasteiger partial charge in [0.15, 0.2) is 11.5 Å². The Kier molecular flexibility index (Phi) is 3.87. The van der Waals surface area contributed by atoms with E-state index in [0.29, 0.717) is 12.8 Å². The number of carbonyl (C=O) groups is 1. The molecule has 0 N–H and O–H groups in total. The predicted molar refractivity (Wildman–Crippen MR) is 66.4 cm³/mol. The molecule has 1 aromatic carbocycles. The smallest absolute Gasteiger partial charge is 0.310 e. The van der Waals surface area contributed by atoms with Crippen molar-refractivity contribution < 1.29 is 19.0 Å². The number of carbonyl (C=O) groups excluding carboxylic acids is 1. The first kappa shape index (κ1) is 12.5. The number of hydrogen-bond acceptors (Lipinski definition) is 4. The molecule has 0 spiro atoms. The highest BCUT2D eigenvalue weighted by Gasteiger charge is 2.13. The van der Waals surface area contributed by atoms with Crippen LogP contribution in [0.2, 0.25) is 0 Å². The normalized spacial score (nSPS) is 13.6. The Balaban J connectivity index is 1.99. The Morgan fingerprint density at radius 3 is 2.94 bits per heavy atom. The lowest BCUT2D eigenvalue weighted by molar-refractivity contribution is -0.137. The maximum atomic E-state index is 11.0. The van der Waals surface area contributed by atoms with Crippen molar-refractivity contribution in [2.24, 2.45) is 0 Å². The van der Waals surface area contributed by atoms with E-state index >= 15 is 0 Å². The highest BCUT2D eigenvalue weighted by atomic mass is 16.7. The molecule has 0 aromatic heterocycles. The molecule has 0 amide bonds. The second-order valence-electron chi connectivity index (χ2n) is 4.17. The standard InChI is InChI=1S/C14H16O4/c1-3-14(15)16-8-10(2)6-11-4-5-12-13(7-11)18-9-17-12/h4-5,7-8H,3,6,9H2,1-2H3/b10-8+. The molecule has 0 atom stereocenters. The lowest BCUT2D eigenvalue weighted by Crippen LogP contribution is -1.97. The molecule has 0 fully saturated rings. The monoisotopic (exact) mass is 248 g/mol. The average molecular weight is 248 g/mol. The minimum atomic E-state index is -0.222. The number of esters is 1. The first-order valence-corrected chi connectivity index (χ1v) is 5.92. The fourth-order valence-corrected chi connectivity index (χ4v) is 1.66. The molecule has 4 nitrogen and oxygen atoms in total. The first-order valence-electron chi connectivity index (χ1n) is 5.92. The number of rotatable bonds is 4. The molecule has 1 aromatic rings. The average Bonchev–Trinajstić information content (AvgIpc) is 2.83. The molecule has 0 saturated carbocycles. The summed E-state index contributed by atoms with van der Waals surface area (Å²) in [5.41, 5.74) is 2.08. The van der Waals surface area contributed by atoms with Gasteiger partial charge in [-0.2, -0.15) is 0 Å². The van der Waals surface area contributed by atoms with Crippen LogP contribution in [-0.4, -0.2) is 12.8 Å². The zero-order valence-corrected chi connectivity index (χ0v) is 10.6. The van der Waals surface area contributed by atoms with Crippen molar-refractivity contribution in [2.45, 2.75) is 26.7 Å². The summed E-state index contributed by atoms with van der Waals surface area (Å²) in [6.07, 6.45) is 2.61. The molecule has 4 heteroatoms. The number of hydrogen-bond donors (Lipinski definition) is 0. The Labute approximate surface area is 106 Å². The molecule has 0 unspecified atom stereocenters. The van der Waals surface area contributed by atoms with Gasteiger partial charge in [-0.15, -0.1) is 0 Å². The predicted octanol–water partition coefficient (Wildman–Crippen LogP) is 2.81. The summed E-state index contributed by atoms with van der Waals surface area (Å²) in [4.78, 5) is 11.0. The van der Waals surface area contributed by atoms with Gasteiger partial charge < -0.3 is 14.2 Å². The van der Waals surface area contributed by atoms with E-state index in [1.54, 1.807) is 6.92 Å². The number of fused-ring (bicyclic) bond motifs is 1. The van der Waals surface area contributed by atoms with Gasteiger partial charge in [-0.25, -0.2) is 0 Å². The third-order valence-electron chi connectivity index (χ3n) is 2.60. The molecule has 1 aliphatic heterocycles. The Morgan fingerprint density at radius 1 is 1.39 bits per heavy atom. The van der Waals surface area contributed by atoms with E-state index in [0.717, 1.165) is 22.6 Å². The van der Waals surface area contributed by atoms with Crippen LogP contribution >= 0.6 is 0 Å². The molecular formula is C14H16O4. The second-order valence-corrected chi connectivity index (χ2v) is 4.17. The Bertz CT molecular complexity index is 477. The van der Waals surface area contributed by atoms with E-state index in [4.69, 9.17) is 14.2 Å². The molecule has 0 aliphatic carbocycles. The highest BCUT2D eigenvalue weighted by Crippen LogP contribution is 2.32. The minimum absolute atomic E-state index is 0.222. The molecule has 18 heavy (non-hydrogen) atoms. The highest BCUT2D eigenvalue weighted by molar-refractivity contribution is 5.69. The maximum Gasteiger partial charge on any atom is 0.310 e. The largest absolute Gasteiger partial charge is 0.454 e. The van der Waals surface area contributed by atoms with Crippen molar-refractivity contribution in [1.29, 1.82) is 0 Å². The molecular weight excluding hydrogens is 232 g/mol. The third kappa shape index (κ3) is 3.03. The fraction of sp³-hybridized carbons (Fsp3) is 0.357. The van der Waals surface area contributed by atoms with Crippen molar-refractivity contribution in [3.05, 3.63) is 35.6 Å². The van der Waals surface area contributed by atoms with Crippen LogP contribution < -0.4 is 9.47 Å². The summed E-state index contributed by atoms with van der Waals surface area (Å²) in [6.45, 7) is 3.97. The summed E-state index contributed by atoms with van der Waals surface area (Å²) < 4.78 is 15.5. The molecule has 0 saturated heterocycles. The van der Waals surface area contributed by atoms with Gasteiger partial charge >= 0.3 is 5.97 Å². The molecule has 2 rings (SSSR count). The van der Waals surface area contributed by atoms with Gasteiger partial charge in [0.1, 0.15) is 0 Å². The van der Waals surface area contributed by atoms with Crippen LogP contribution in [0.3, 0.4) is 0 Å². The quantitative estimate of drug-likeness (QED) is 0.607. The molecule has 96 valence electrons. The van der Waals surface area contributed by atoms with Crippen LogP contribution in [0.25, 0.3) is 0 Å². The summed E-state index contributed by atoms with van der Waals surface area (Å²) in [5.74, 6) is 1.32. The third-order valence-corrected chi connectivity index (χ3v) is 2.60. The van der Waals surface area contributed by atoms with Gasteiger partial charge in [0, 0.05) is 6.42 Å². The minimum Gasteiger partial charge on any atom is -0.454 e. The topological polar surface area (TPSA) is 44.8 Å². The Morgan fingerprint density at radius 2 is 2.17 bits per heavy atom. The van der Waals surface area contributed by atoms with Crippen molar-refractivity contribution >= 4 is 5.97 Å². The van der Waals surface area contributed by atoms with E-state index < -0.39 is 0 Å². The number of allylic oxidation sites excluding steroid dienone is 1. The fourth-order valence-electron chi connectivity index (χ4n) is 1.66. The second kappa shape index (κ2) is 5.58. The SMILES string of the molecule is CCC(=O)O/C=C(\C)Cc1ccc2c(c1)OCO2. The Hall–Kier alpha value is -1.97. The van der Waals surface area contributed by atoms with E-state index in [-0.39, 0.29) is 12.8 Å². The van der Waals surface area contributed by atoms with Crippen LogP contribution in [0.4, 0.5) is 0 Å². The van der Waals surface area contributed by atoms with E-state index in [1.807, 2.05) is 25.1 Å². The number of ether oxygens (including phenoxy) is 3. The van der Waals surface area contributed by atoms with Crippen molar-refractivity contribution in [3.63, 3.8) is 0 Å². The zero-order chi connectivity index (χ0) is 13.0. The van der Waals surface area contributed by atoms with Gasteiger partial charge in [0.05, 0.1) is 6.26 Å². The first-order chi connectivity index (χ1) is 8.69. The molecule has 0 bridgehead atoms. The summed E-state index contributed by atoms with van der Waals surface area (Å²) in [7, 11) is 0. The van der Waals surface area contributed by atoms with Crippen molar-refractivity contribution in [1.82, 2.24) is 0 Å². The number of benzene rings is 1. The summed E-state index contributed by atoms with van der Waals surface area (Å²) in [5, 5.41) is 0. The van der Waals surface area contributed by atoms with Gasteiger partial charge in [0.25, 0.3) is 0 Å². The molecule has 1 aliphatic rings. The summed E-state index contributed by atoms with van der Waals surface area (Å²) in [6, 6.07) is 5.82. The molecule has 1 heterocycles. The van der Waals surface area contributed by atoms with Crippen molar-refractivity contribution in [3.8, 4) is 11.5 Å². The lowest BCUT2D eigenvalue weighted by atomic mass is 10.1. The van der Waals surface area contributed by atoms with Crippen molar-refractivity contribution in [2.75, 3.05) is 6.79 Å². The van der Waals surface area contributed by atoms with Gasteiger partial charge in [-0.05, 0) is 36.6 Å². The van der Waals surface area contributed by atoms with Crippen LogP contribution in [0.5, 0.6) is 11.5 Å². The van der Waals surface area contributed by atoms with Crippen LogP contribution in [0, 0.1) is 0 Å². The van der Waals surface area contributed by atoms with Crippen LogP contribution in [-0.2, 0) is 16.0 Å². The molecule has 0 radical (unpaired) electrons. The van der Waals surface area contributed by atoms with E-state index in [2.05, 4.69) is 0 Å². The van der Waals surface area contributed by atoms with Crippen LogP contribution in [0.15, 0.2) is 30.0 Å². The van der Waals surface area contributed by atoms with Gasteiger partial charge in [0.2, 0.25) is 6.79 Å². The zero-order valence-electron chi connectivity index (χ0n) is 10.6. The van der Waals surface area contributed by atoms with Crippen LogP contribution in [0.1, 0.15) is 25.8 Å². The maximum absolute atomic E-state index is 11.0. The van der Waals surface area contributed by atoms with E-state index in [9.17, 15) is 4.79 Å². The van der Waals surface area contributed by atoms with Gasteiger partial charge in [-0.1, -0.05) is 13.0 Å². The summed E-state index contributed by atoms with van der Waals surface area (Å²) >= 11 is 0. The van der Waals surface area contributed by atoms with E-state index in [1.165, 1.54) is 6.26 Å². The van der Waals surface area contributed by atoms with Gasteiger partial charge in [-0.3, -0.25) is 4.79 Å².